The number of rotatable bonds is 4. The number of aromatic hydroxyl groups is 1. The van der Waals surface area contributed by atoms with Gasteiger partial charge in [-0.25, -0.2) is 0 Å². The highest BCUT2D eigenvalue weighted by Crippen LogP contribution is 2.16. The Morgan fingerprint density at radius 2 is 1.70 bits per heavy atom. The molecule has 3 nitrogen and oxygen atoms in total. The summed E-state index contributed by atoms with van der Waals surface area (Å²) in [6, 6.07) is 17.5. The zero-order valence-electron chi connectivity index (χ0n) is 11.1. The van der Waals surface area contributed by atoms with Crippen LogP contribution in [0.1, 0.15) is 11.1 Å². The van der Waals surface area contributed by atoms with E-state index < -0.39 is 0 Å². The van der Waals surface area contributed by atoms with Crippen LogP contribution in [0.2, 0.25) is 0 Å². The maximum Gasteiger partial charge on any atom is 0.115 e. The molecule has 0 aliphatic carbocycles. The molecule has 0 saturated carbocycles. The Morgan fingerprint density at radius 1 is 0.900 bits per heavy atom. The van der Waals surface area contributed by atoms with Crippen LogP contribution in [0.3, 0.4) is 0 Å². The van der Waals surface area contributed by atoms with Crippen LogP contribution in [0.15, 0.2) is 60.8 Å². The van der Waals surface area contributed by atoms with E-state index >= 15 is 0 Å². The minimum absolute atomic E-state index is 0.300. The highest BCUT2D eigenvalue weighted by atomic mass is 16.3. The average molecular weight is 264 g/mol. The third-order valence-electron chi connectivity index (χ3n) is 3.32. The van der Waals surface area contributed by atoms with E-state index in [2.05, 4.69) is 16.4 Å². The summed E-state index contributed by atoms with van der Waals surface area (Å²) in [6.45, 7) is 1.57. The molecule has 0 radical (unpaired) electrons. The molecule has 0 atom stereocenters. The highest BCUT2D eigenvalue weighted by Gasteiger charge is 2.01. The number of pyridine rings is 1. The Hall–Kier alpha value is -2.39. The quantitative estimate of drug-likeness (QED) is 0.760. The van der Waals surface area contributed by atoms with E-state index in [9.17, 15) is 5.11 Å². The van der Waals surface area contributed by atoms with Gasteiger partial charge in [-0.05, 0) is 35.4 Å². The van der Waals surface area contributed by atoms with Gasteiger partial charge in [-0.2, -0.15) is 0 Å². The Bertz CT molecular complexity index is 702. The molecule has 2 aromatic carbocycles. The van der Waals surface area contributed by atoms with Crippen molar-refractivity contribution in [3.8, 4) is 5.75 Å². The van der Waals surface area contributed by atoms with Gasteiger partial charge < -0.3 is 10.4 Å². The number of nitrogens with one attached hydrogen (secondary N) is 1. The molecule has 0 aliphatic heterocycles. The molecule has 0 fully saturated rings. The van der Waals surface area contributed by atoms with E-state index in [0.717, 1.165) is 24.2 Å². The fourth-order valence-electron chi connectivity index (χ4n) is 2.26. The predicted molar refractivity (Wildman–Crippen MR) is 80.4 cm³/mol. The van der Waals surface area contributed by atoms with Crippen LogP contribution < -0.4 is 5.32 Å². The molecule has 3 rings (SSSR count). The zero-order valence-corrected chi connectivity index (χ0v) is 11.1. The average Bonchev–Trinajstić information content (AvgIpc) is 2.49. The second-order valence-corrected chi connectivity index (χ2v) is 4.76. The smallest absolute Gasteiger partial charge is 0.115 e. The van der Waals surface area contributed by atoms with Crippen molar-refractivity contribution in [3.63, 3.8) is 0 Å². The minimum atomic E-state index is 0.300. The molecule has 0 aliphatic rings. The topological polar surface area (TPSA) is 45.1 Å². The molecule has 1 heterocycles. The first-order valence-electron chi connectivity index (χ1n) is 6.64. The monoisotopic (exact) mass is 264 g/mol. The molecule has 0 unspecified atom stereocenters. The van der Waals surface area contributed by atoms with Crippen molar-refractivity contribution < 1.29 is 5.11 Å². The summed E-state index contributed by atoms with van der Waals surface area (Å²) < 4.78 is 0. The molecule has 2 N–H and O–H groups in total. The molecule has 1 aromatic heterocycles. The minimum Gasteiger partial charge on any atom is -0.508 e. The van der Waals surface area contributed by atoms with Crippen molar-refractivity contribution in [1.82, 2.24) is 10.3 Å². The zero-order chi connectivity index (χ0) is 13.8. The lowest BCUT2D eigenvalue weighted by atomic mass is 10.1. The van der Waals surface area contributed by atoms with E-state index in [1.807, 2.05) is 42.6 Å². The first-order valence-corrected chi connectivity index (χ1v) is 6.64. The van der Waals surface area contributed by atoms with Gasteiger partial charge >= 0.3 is 0 Å². The summed E-state index contributed by atoms with van der Waals surface area (Å²) in [5.41, 5.74) is 3.42. The van der Waals surface area contributed by atoms with Gasteiger partial charge in [-0.1, -0.05) is 30.3 Å². The van der Waals surface area contributed by atoms with Gasteiger partial charge in [0.05, 0.1) is 5.52 Å². The van der Waals surface area contributed by atoms with Crippen molar-refractivity contribution in [3.05, 3.63) is 71.9 Å². The van der Waals surface area contributed by atoms with Crippen LogP contribution in [0.5, 0.6) is 5.75 Å². The number of hydrogen-bond acceptors (Lipinski definition) is 3. The van der Waals surface area contributed by atoms with Crippen LogP contribution in [-0.2, 0) is 13.1 Å². The number of hydrogen-bond donors (Lipinski definition) is 2. The molecule has 0 amide bonds. The lowest BCUT2D eigenvalue weighted by Gasteiger charge is -2.08. The highest BCUT2D eigenvalue weighted by molar-refractivity contribution is 5.81. The summed E-state index contributed by atoms with van der Waals surface area (Å²) >= 11 is 0. The fourth-order valence-corrected chi connectivity index (χ4v) is 2.26. The summed E-state index contributed by atoms with van der Waals surface area (Å²) in [7, 11) is 0. The summed E-state index contributed by atoms with van der Waals surface area (Å²) in [5.74, 6) is 0.300. The van der Waals surface area contributed by atoms with Crippen molar-refractivity contribution >= 4 is 10.9 Å². The molecular weight excluding hydrogens is 248 g/mol. The van der Waals surface area contributed by atoms with Crippen LogP contribution in [0.25, 0.3) is 10.9 Å². The molecular formula is C17H16N2O. The van der Waals surface area contributed by atoms with Gasteiger partial charge in [-0.15, -0.1) is 0 Å². The number of phenols is 1. The number of fused-ring (bicyclic) bond motifs is 1. The van der Waals surface area contributed by atoms with Gasteiger partial charge in [0.25, 0.3) is 0 Å². The molecule has 3 heteroatoms. The number of benzene rings is 2. The third-order valence-corrected chi connectivity index (χ3v) is 3.32. The van der Waals surface area contributed by atoms with E-state index in [4.69, 9.17) is 0 Å². The maximum absolute atomic E-state index is 9.25. The molecule has 0 spiro atoms. The van der Waals surface area contributed by atoms with Gasteiger partial charge in [-0.3, -0.25) is 4.98 Å². The molecule has 20 heavy (non-hydrogen) atoms. The lowest BCUT2D eigenvalue weighted by Crippen LogP contribution is -2.12. The first-order chi connectivity index (χ1) is 9.83. The van der Waals surface area contributed by atoms with Crippen molar-refractivity contribution in [2.75, 3.05) is 0 Å². The predicted octanol–water partition coefficient (Wildman–Crippen LogP) is 3.23. The van der Waals surface area contributed by atoms with E-state index in [-0.39, 0.29) is 0 Å². The Labute approximate surface area is 117 Å². The second kappa shape index (κ2) is 5.72. The third kappa shape index (κ3) is 2.78. The fraction of sp³-hybridized carbons (Fsp3) is 0.118. The van der Waals surface area contributed by atoms with Crippen molar-refractivity contribution in [1.29, 1.82) is 0 Å². The van der Waals surface area contributed by atoms with Crippen LogP contribution in [-0.4, -0.2) is 10.1 Å². The number of phenolic OH excluding ortho intramolecular Hbond substituents is 1. The summed E-state index contributed by atoms with van der Waals surface area (Å²) in [4.78, 5) is 4.36. The largest absolute Gasteiger partial charge is 0.508 e. The van der Waals surface area contributed by atoms with Gasteiger partial charge in [0.2, 0.25) is 0 Å². The molecule has 100 valence electrons. The number of aromatic nitrogens is 1. The molecule has 3 aromatic rings. The van der Waals surface area contributed by atoms with Gasteiger partial charge in [0.1, 0.15) is 5.75 Å². The first kappa shape index (κ1) is 12.6. The standard InChI is InChI=1S/C17H16N2O/c20-15-7-5-13(6-8-15)11-18-12-14-9-10-19-17-4-2-1-3-16(14)17/h1-10,18,20H,11-12H2. The second-order valence-electron chi connectivity index (χ2n) is 4.76. The number of nitrogens with zero attached hydrogens (tertiary/aromatic N) is 1. The molecule has 0 bridgehead atoms. The van der Waals surface area contributed by atoms with Crippen molar-refractivity contribution in [2.24, 2.45) is 0 Å². The lowest BCUT2D eigenvalue weighted by molar-refractivity contribution is 0.475. The van der Waals surface area contributed by atoms with Gasteiger partial charge in [0.15, 0.2) is 0 Å². The number of para-hydroxylation sites is 1. The van der Waals surface area contributed by atoms with E-state index in [1.54, 1.807) is 12.1 Å². The van der Waals surface area contributed by atoms with Crippen LogP contribution in [0.4, 0.5) is 0 Å². The Morgan fingerprint density at radius 3 is 2.55 bits per heavy atom. The summed E-state index contributed by atoms with van der Waals surface area (Å²) in [6.07, 6.45) is 1.85. The Balaban J connectivity index is 1.69. The van der Waals surface area contributed by atoms with Crippen LogP contribution >= 0.6 is 0 Å². The van der Waals surface area contributed by atoms with E-state index in [1.165, 1.54) is 10.9 Å². The SMILES string of the molecule is Oc1ccc(CNCc2ccnc3ccccc23)cc1. The Kier molecular flexibility index (Phi) is 3.61. The summed E-state index contributed by atoms with van der Waals surface area (Å²) in [5, 5.41) is 13.9. The normalized spacial score (nSPS) is 10.8. The van der Waals surface area contributed by atoms with Crippen LogP contribution in [0, 0.1) is 0 Å². The maximum atomic E-state index is 9.25. The van der Waals surface area contributed by atoms with Gasteiger partial charge in [0, 0.05) is 24.7 Å². The van der Waals surface area contributed by atoms with Crippen molar-refractivity contribution in [2.45, 2.75) is 13.1 Å². The molecule has 0 saturated heterocycles. The van der Waals surface area contributed by atoms with E-state index in [0.29, 0.717) is 5.75 Å².